The summed E-state index contributed by atoms with van der Waals surface area (Å²) in [5.74, 6) is -1.19. The minimum Gasteiger partial charge on any atom is -0.478 e. The van der Waals surface area contributed by atoms with Crippen LogP contribution in [0.5, 0.6) is 0 Å². The Hall–Kier alpha value is -1.66. The Morgan fingerprint density at radius 2 is 2.05 bits per heavy atom. The number of rotatable bonds is 3. The lowest BCUT2D eigenvalue weighted by molar-refractivity contribution is 0.0697. The van der Waals surface area contributed by atoms with E-state index in [9.17, 15) is 14.7 Å². The van der Waals surface area contributed by atoms with Gasteiger partial charge in [0.2, 0.25) is 0 Å². The van der Waals surface area contributed by atoms with Crippen LogP contribution in [-0.2, 0) is 12.8 Å². The fourth-order valence-corrected chi connectivity index (χ4v) is 4.48. The predicted octanol–water partition coefficient (Wildman–Crippen LogP) is 3.56. The van der Waals surface area contributed by atoms with Crippen LogP contribution in [0.15, 0.2) is 12.1 Å². The van der Waals surface area contributed by atoms with Gasteiger partial charge in [-0.15, -0.1) is 22.7 Å². The lowest BCUT2D eigenvalue weighted by Gasteiger charge is -2.03. The quantitative estimate of drug-likeness (QED) is 0.911. The number of nitrogens with one attached hydrogen (secondary N) is 1. The minimum atomic E-state index is -0.956. The summed E-state index contributed by atoms with van der Waals surface area (Å²) in [7, 11) is 0. The number of carboxylic acid groups (broad SMARTS) is 1. The van der Waals surface area contributed by atoms with E-state index < -0.39 is 5.97 Å². The summed E-state index contributed by atoms with van der Waals surface area (Å²) in [5.41, 5.74) is 1.18. The van der Waals surface area contributed by atoms with E-state index in [-0.39, 0.29) is 11.5 Å². The monoisotopic (exact) mass is 307 g/mol. The van der Waals surface area contributed by atoms with Crippen molar-refractivity contribution in [3.8, 4) is 0 Å². The average molecular weight is 307 g/mol. The normalized spacial score (nSPS) is 13.2. The van der Waals surface area contributed by atoms with Gasteiger partial charge in [-0.05, 0) is 43.9 Å². The highest BCUT2D eigenvalue weighted by atomic mass is 32.1. The van der Waals surface area contributed by atoms with E-state index in [0.29, 0.717) is 9.88 Å². The van der Waals surface area contributed by atoms with E-state index in [2.05, 4.69) is 5.32 Å². The third-order valence-corrected chi connectivity index (χ3v) is 5.53. The maximum absolute atomic E-state index is 12.1. The molecule has 0 aromatic carbocycles. The van der Waals surface area contributed by atoms with Crippen LogP contribution in [0.4, 0.5) is 5.00 Å². The Bertz CT molecular complexity index is 699. The molecule has 0 fully saturated rings. The van der Waals surface area contributed by atoms with Gasteiger partial charge in [0, 0.05) is 9.75 Å². The molecule has 2 aromatic rings. The van der Waals surface area contributed by atoms with Crippen molar-refractivity contribution in [3.05, 3.63) is 37.9 Å². The summed E-state index contributed by atoms with van der Waals surface area (Å²) < 4.78 is 0. The summed E-state index contributed by atoms with van der Waals surface area (Å²) >= 11 is 2.80. The van der Waals surface area contributed by atoms with Gasteiger partial charge in [-0.25, -0.2) is 4.79 Å². The first-order chi connectivity index (χ1) is 9.56. The zero-order valence-corrected chi connectivity index (χ0v) is 12.5. The molecule has 6 heteroatoms. The molecule has 2 aromatic heterocycles. The molecule has 20 heavy (non-hydrogen) atoms. The number of fused-ring (bicyclic) bond motifs is 1. The Morgan fingerprint density at radius 1 is 1.25 bits per heavy atom. The molecule has 0 bridgehead atoms. The van der Waals surface area contributed by atoms with Gasteiger partial charge in [0.25, 0.3) is 5.91 Å². The van der Waals surface area contributed by atoms with Gasteiger partial charge < -0.3 is 10.4 Å². The maximum Gasteiger partial charge on any atom is 0.339 e. The van der Waals surface area contributed by atoms with Crippen LogP contribution >= 0.6 is 22.7 Å². The Kier molecular flexibility index (Phi) is 3.35. The zero-order valence-electron chi connectivity index (χ0n) is 10.9. The number of carboxylic acids is 1. The third-order valence-electron chi connectivity index (χ3n) is 3.33. The highest BCUT2D eigenvalue weighted by molar-refractivity contribution is 7.17. The van der Waals surface area contributed by atoms with Crippen molar-refractivity contribution >= 4 is 39.6 Å². The number of thiophene rings is 2. The number of aryl methyl sites for hydroxylation is 2. The van der Waals surface area contributed by atoms with Gasteiger partial charge in [0.05, 0.1) is 10.4 Å². The first-order valence-electron chi connectivity index (χ1n) is 6.32. The summed E-state index contributed by atoms with van der Waals surface area (Å²) in [6, 6.07) is 3.64. The molecule has 0 saturated heterocycles. The molecule has 1 aliphatic carbocycles. The molecule has 1 amide bonds. The molecule has 104 valence electrons. The largest absolute Gasteiger partial charge is 0.478 e. The minimum absolute atomic E-state index is 0.231. The van der Waals surface area contributed by atoms with Crippen molar-refractivity contribution < 1.29 is 14.7 Å². The van der Waals surface area contributed by atoms with E-state index in [1.165, 1.54) is 22.7 Å². The molecule has 3 rings (SSSR count). The molecule has 0 atom stereocenters. The van der Waals surface area contributed by atoms with Gasteiger partial charge in [-0.2, -0.15) is 0 Å². The van der Waals surface area contributed by atoms with Gasteiger partial charge in [-0.1, -0.05) is 0 Å². The van der Waals surface area contributed by atoms with Crippen molar-refractivity contribution in [2.75, 3.05) is 5.32 Å². The maximum atomic E-state index is 12.1. The van der Waals surface area contributed by atoms with Crippen LogP contribution in [0, 0.1) is 6.92 Å². The van der Waals surface area contributed by atoms with Crippen LogP contribution in [0.2, 0.25) is 0 Å². The fraction of sp³-hybridized carbons (Fsp3) is 0.286. The zero-order chi connectivity index (χ0) is 14.3. The molecule has 0 saturated carbocycles. The topological polar surface area (TPSA) is 66.4 Å². The van der Waals surface area contributed by atoms with Gasteiger partial charge >= 0.3 is 5.97 Å². The van der Waals surface area contributed by atoms with Crippen LogP contribution in [0.1, 0.15) is 41.8 Å². The highest BCUT2D eigenvalue weighted by Crippen LogP contribution is 2.39. The fourth-order valence-electron chi connectivity index (χ4n) is 2.44. The average Bonchev–Trinajstić information content (AvgIpc) is 3.03. The second kappa shape index (κ2) is 5.03. The van der Waals surface area contributed by atoms with E-state index in [4.69, 9.17) is 0 Å². The Morgan fingerprint density at radius 3 is 2.70 bits per heavy atom. The number of aromatic carboxylic acids is 1. The van der Waals surface area contributed by atoms with Crippen LogP contribution in [0.25, 0.3) is 0 Å². The number of carbonyl (C=O) groups excluding carboxylic acids is 1. The van der Waals surface area contributed by atoms with Crippen molar-refractivity contribution in [2.24, 2.45) is 0 Å². The predicted molar refractivity (Wildman–Crippen MR) is 80.3 cm³/mol. The molecule has 2 N–H and O–H groups in total. The lowest BCUT2D eigenvalue weighted by atomic mass is 10.1. The standard InChI is InChI=1S/C14H13NO3S2/c1-7-5-6-10(19-7)12(16)15-13-11(14(17)18)8-3-2-4-9(8)20-13/h5-6H,2-4H2,1H3,(H,15,16)(H,17,18). The second-order valence-corrected chi connectivity index (χ2v) is 7.12. The van der Waals surface area contributed by atoms with Crippen LogP contribution in [0.3, 0.4) is 0 Å². The van der Waals surface area contributed by atoms with Gasteiger partial charge in [0.15, 0.2) is 0 Å². The number of anilines is 1. The number of amides is 1. The van der Waals surface area contributed by atoms with Gasteiger partial charge in [-0.3, -0.25) is 4.79 Å². The first kappa shape index (κ1) is 13.3. The van der Waals surface area contributed by atoms with Crippen LogP contribution in [-0.4, -0.2) is 17.0 Å². The van der Waals surface area contributed by atoms with Crippen LogP contribution < -0.4 is 5.32 Å². The Balaban J connectivity index is 1.91. The second-order valence-electron chi connectivity index (χ2n) is 4.73. The number of carbonyl (C=O) groups is 2. The molecule has 2 heterocycles. The molecule has 0 unspecified atom stereocenters. The highest BCUT2D eigenvalue weighted by Gasteiger charge is 2.27. The molecular formula is C14H13NO3S2. The van der Waals surface area contributed by atoms with Crippen molar-refractivity contribution in [1.82, 2.24) is 0 Å². The molecular weight excluding hydrogens is 294 g/mol. The van der Waals surface area contributed by atoms with Crippen molar-refractivity contribution in [1.29, 1.82) is 0 Å². The third kappa shape index (κ3) is 2.25. The molecule has 0 aliphatic heterocycles. The summed E-state index contributed by atoms with van der Waals surface area (Å²) in [5, 5.41) is 12.6. The molecule has 4 nitrogen and oxygen atoms in total. The number of hydrogen-bond acceptors (Lipinski definition) is 4. The smallest absolute Gasteiger partial charge is 0.339 e. The molecule has 0 radical (unpaired) electrons. The van der Waals surface area contributed by atoms with Crippen molar-refractivity contribution in [2.45, 2.75) is 26.2 Å². The summed E-state index contributed by atoms with van der Waals surface area (Å²) in [4.78, 5) is 26.3. The SMILES string of the molecule is Cc1ccc(C(=O)Nc2sc3c(c2C(=O)O)CCC3)s1. The summed E-state index contributed by atoms with van der Waals surface area (Å²) in [6.45, 7) is 1.93. The van der Waals surface area contributed by atoms with Crippen molar-refractivity contribution in [3.63, 3.8) is 0 Å². The summed E-state index contributed by atoms with van der Waals surface area (Å²) in [6.07, 6.45) is 2.70. The number of hydrogen-bond donors (Lipinski definition) is 2. The van der Waals surface area contributed by atoms with E-state index in [0.717, 1.165) is 34.6 Å². The first-order valence-corrected chi connectivity index (χ1v) is 7.95. The molecule has 0 spiro atoms. The van der Waals surface area contributed by atoms with E-state index >= 15 is 0 Å². The molecule has 1 aliphatic rings. The Labute approximate surface area is 124 Å². The van der Waals surface area contributed by atoms with Gasteiger partial charge in [0.1, 0.15) is 5.00 Å². The lowest BCUT2D eigenvalue weighted by Crippen LogP contribution is -2.12. The van der Waals surface area contributed by atoms with E-state index in [1.54, 1.807) is 6.07 Å². The van der Waals surface area contributed by atoms with E-state index in [1.807, 2.05) is 13.0 Å².